The molecule has 3 rings (SSSR count). The SMILES string of the molecule is FC(F)(F)c1cc(Cl)nc(-c2ccc3cccnc3c2)c1. The lowest BCUT2D eigenvalue weighted by Gasteiger charge is -2.09. The summed E-state index contributed by atoms with van der Waals surface area (Å²) >= 11 is 5.70. The molecule has 0 saturated heterocycles. The van der Waals surface area contributed by atoms with E-state index >= 15 is 0 Å². The van der Waals surface area contributed by atoms with Crippen molar-refractivity contribution in [3.63, 3.8) is 0 Å². The molecule has 0 fully saturated rings. The van der Waals surface area contributed by atoms with Crippen LogP contribution >= 0.6 is 11.6 Å². The summed E-state index contributed by atoms with van der Waals surface area (Å²) in [5.74, 6) is 0. The Labute approximate surface area is 123 Å². The Morgan fingerprint density at radius 3 is 2.57 bits per heavy atom. The van der Waals surface area contributed by atoms with Crippen molar-refractivity contribution in [1.82, 2.24) is 9.97 Å². The minimum atomic E-state index is -4.46. The van der Waals surface area contributed by atoms with Gasteiger partial charge in [0.15, 0.2) is 0 Å². The highest BCUT2D eigenvalue weighted by Crippen LogP contribution is 2.33. The molecule has 1 aromatic carbocycles. The summed E-state index contributed by atoms with van der Waals surface area (Å²) in [6.07, 6.45) is -2.84. The number of alkyl halides is 3. The maximum atomic E-state index is 12.8. The lowest BCUT2D eigenvalue weighted by molar-refractivity contribution is -0.137. The molecule has 0 aliphatic rings. The maximum absolute atomic E-state index is 12.8. The number of halogens is 4. The number of benzene rings is 1. The molecule has 0 aliphatic heterocycles. The van der Waals surface area contributed by atoms with Gasteiger partial charge in [0.1, 0.15) is 5.15 Å². The third-order valence-electron chi connectivity index (χ3n) is 3.02. The molecule has 0 atom stereocenters. The molecule has 2 nitrogen and oxygen atoms in total. The van der Waals surface area contributed by atoms with Crippen LogP contribution in [-0.4, -0.2) is 9.97 Å². The van der Waals surface area contributed by atoms with E-state index in [9.17, 15) is 13.2 Å². The van der Waals surface area contributed by atoms with Gasteiger partial charge in [-0.2, -0.15) is 13.2 Å². The molecule has 0 aliphatic carbocycles. The van der Waals surface area contributed by atoms with Crippen LogP contribution in [0.3, 0.4) is 0 Å². The number of aromatic nitrogens is 2. The molecule has 2 aromatic heterocycles. The Kier molecular flexibility index (Phi) is 3.29. The van der Waals surface area contributed by atoms with E-state index in [1.54, 1.807) is 30.5 Å². The highest BCUT2D eigenvalue weighted by molar-refractivity contribution is 6.29. The molecule has 0 unspecified atom stereocenters. The zero-order chi connectivity index (χ0) is 15.0. The van der Waals surface area contributed by atoms with E-state index in [-0.39, 0.29) is 10.8 Å². The summed E-state index contributed by atoms with van der Waals surface area (Å²) in [4.78, 5) is 8.14. The van der Waals surface area contributed by atoms with Crippen molar-refractivity contribution in [3.8, 4) is 11.3 Å². The molecule has 6 heteroatoms. The predicted molar refractivity (Wildman–Crippen MR) is 75.0 cm³/mol. The van der Waals surface area contributed by atoms with Crippen molar-refractivity contribution < 1.29 is 13.2 Å². The quantitative estimate of drug-likeness (QED) is 0.593. The normalized spacial score (nSPS) is 11.8. The number of rotatable bonds is 1. The van der Waals surface area contributed by atoms with Crippen molar-refractivity contribution in [3.05, 3.63) is 59.4 Å². The van der Waals surface area contributed by atoms with Crippen LogP contribution in [0.2, 0.25) is 5.15 Å². The average Bonchev–Trinajstić information content (AvgIpc) is 2.45. The smallest absolute Gasteiger partial charge is 0.256 e. The topological polar surface area (TPSA) is 25.8 Å². The second kappa shape index (κ2) is 5.00. The number of fused-ring (bicyclic) bond motifs is 1. The first-order valence-electron chi connectivity index (χ1n) is 6.03. The van der Waals surface area contributed by atoms with E-state index in [1.807, 2.05) is 6.07 Å². The van der Waals surface area contributed by atoms with Gasteiger partial charge in [-0.25, -0.2) is 4.98 Å². The van der Waals surface area contributed by atoms with Gasteiger partial charge in [-0.3, -0.25) is 4.98 Å². The Morgan fingerprint density at radius 2 is 1.81 bits per heavy atom. The lowest BCUT2D eigenvalue weighted by Crippen LogP contribution is -2.05. The van der Waals surface area contributed by atoms with E-state index in [0.29, 0.717) is 11.1 Å². The van der Waals surface area contributed by atoms with E-state index in [0.717, 1.165) is 17.5 Å². The minimum absolute atomic E-state index is 0.169. The molecular formula is C15H8ClF3N2. The highest BCUT2D eigenvalue weighted by Gasteiger charge is 2.31. The Hall–Kier alpha value is -2.14. The van der Waals surface area contributed by atoms with Crippen LogP contribution < -0.4 is 0 Å². The van der Waals surface area contributed by atoms with Gasteiger partial charge in [0.25, 0.3) is 0 Å². The maximum Gasteiger partial charge on any atom is 0.416 e. The fourth-order valence-electron chi connectivity index (χ4n) is 2.03. The second-order valence-electron chi connectivity index (χ2n) is 4.47. The van der Waals surface area contributed by atoms with E-state index in [2.05, 4.69) is 9.97 Å². The summed E-state index contributed by atoms with van der Waals surface area (Å²) in [6.45, 7) is 0. The average molecular weight is 309 g/mol. The molecule has 0 N–H and O–H groups in total. The second-order valence-corrected chi connectivity index (χ2v) is 4.86. The van der Waals surface area contributed by atoms with Crippen LogP contribution in [0.5, 0.6) is 0 Å². The van der Waals surface area contributed by atoms with Gasteiger partial charge >= 0.3 is 6.18 Å². The van der Waals surface area contributed by atoms with Gasteiger partial charge in [-0.05, 0) is 24.3 Å². The number of hydrogen-bond acceptors (Lipinski definition) is 2. The molecule has 21 heavy (non-hydrogen) atoms. The van der Waals surface area contributed by atoms with Crippen LogP contribution in [0.15, 0.2) is 48.7 Å². The summed E-state index contributed by atoms with van der Waals surface area (Å²) in [7, 11) is 0. The van der Waals surface area contributed by atoms with Gasteiger partial charge in [-0.1, -0.05) is 29.8 Å². The molecule has 2 heterocycles. The molecule has 0 amide bonds. The third kappa shape index (κ3) is 2.83. The largest absolute Gasteiger partial charge is 0.416 e. The van der Waals surface area contributed by atoms with Crippen LogP contribution in [0.4, 0.5) is 13.2 Å². The minimum Gasteiger partial charge on any atom is -0.256 e. The zero-order valence-corrected chi connectivity index (χ0v) is 11.3. The molecule has 0 bridgehead atoms. The first kappa shape index (κ1) is 13.8. The highest BCUT2D eigenvalue weighted by atomic mass is 35.5. The number of pyridine rings is 2. The monoisotopic (exact) mass is 308 g/mol. The Balaban J connectivity index is 2.16. The van der Waals surface area contributed by atoms with Gasteiger partial charge in [0.05, 0.1) is 16.8 Å². The van der Waals surface area contributed by atoms with Crippen molar-refractivity contribution in [1.29, 1.82) is 0 Å². The molecule has 3 aromatic rings. The van der Waals surface area contributed by atoms with Gasteiger partial charge in [0.2, 0.25) is 0 Å². The standard InChI is InChI=1S/C15H8ClF3N2/c16-14-8-11(15(17,18)19)7-13(21-14)10-4-3-9-2-1-5-20-12(9)6-10/h1-8H. The molecule has 0 spiro atoms. The Bertz CT molecular complexity index is 815. The van der Waals surface area contributed by atoms with Crippen LogP contribution in [-0.2, 0) is 6.18 Å². The van der Waals surface area contributed by atoms with E-state index < -0.39 is 11.7 Å². The third-order valence-corrected chi connectivity index (χ3v) is 3.22. The van der Waals surface area contributed by atoms with Gasteiger partial charge in [-0.15, -0.1) is 0 Å². The molecular weight excluding hydrogens is 301 g/mol. The van der Waals surface area contributed by atoms with E-state index in [4.69, 9.17) is 11.6 Å². The van der Waals surface area contributed by atoms with E-state index in [1.165, 1.54) is 0 Å². The number of nitrogens with zero attached hydrogens (tertiary/aromatic N) is 2. The van der Waals surface area contributed by atoms with Crippen LogP contribution in [0.25, 0.3) is 22.2 Å². The first-order valence-corrected chi connectivity index (χ1v) is 6.41. The van der Waals surface area contributed by atoms with Crippen molar-refractivity contribution in [2.45, 2.75) is 6.18 Å². The summed E-state index contributed by atoms with van der Waals surface area (Å²) in [5.41, 5.74) is 0.570. The molecule has 106 valence electrons. The fourth-order valence-corrected chi connectivity index (χ4v) is 2.24. The summed E-state index contributed by atoms with van der Waals surface area (Å²) in [5, 5.41) is 0.709. The predicted octanol–water partition coefficient (Wildman–Crippen LogP) is 4.97. The van der Waals surface area contributed by atoms with Crippen LogP contribution in [0, 0.1) is 0 Å². The lowest BCUT2D eigenvalue weighted by atomic mass is 10.1. The summed E-state index contributed by atoms with van der Waals surface area (Å²) in [6, 6.07) is 10.6. The fraction of sp³-hybridized carbons (Fsp3) is 0.0667. The first-order chi connectivity index (χ1) is 9.93. The summed E-state index contributed by atoms with van der Waals surface area (Å²) < 4.78 is 38.5. The van der Waals surface area contributed by atoms with Crippen LogP contribution in [0.1, 0.15) is 5.56 Å². The van der Waals surface area contributed by atoms with Gasteiger partial charge < -0.3 is 0 Å². The molecule has 0 radical (unpaired) electrons. The van der Waals surface area contributed by atoms with Gasteiger partial charge in [0, 0.05) is 17.1 Å². The molecule has 0 saturated carbocycles. The Morgan fingerprint density at radius 1 is 1.00 bits per heavy atom. The van der Waals surface area contributed by atoms with Crippen molar-refractivity contribution >= 4 is 22.5 Å². The van der Waals surface area contributed by atoms with Crippen molar-refractivity contribution in [2.24, 2.45) is 0 Å². The zero-order valence-electron chi connectivity index (χ0n) is 10.5. The number of hydrogen-bond donors (Lipinski definition) is 0. The van der Waals surface area contributed by atoms with Crippen molar-refractivity contribution in [2.75, 3.05) is 0 Å².